The number of fused-ring (bicyclic) bond motifs is 1. The molecule has 6 heteroatoms. The normalized spacial score (nSPS) is 15.2. The van der Waals surface area contributed by atoms with Gasteiger partial charge in [0.2, 0.25) is 11.6 Å². The topological polar surface area (TPSA) is 80.7 Å². The third-order valence-corrected chi connectivity index (χ3v) is 4.73. The van der Waals surface area contributed by atoms with Gasteiger partial charge in [0.05, 0.1) is 19.1 Å². The minimum absolute atomic E-state index is 0.0532. The molecule has 1 aliphatic carbocycles. The van der Waals surface area contributed by atoms with Crippen LogP contribution >= 0.6 is 11.3 Å². The summed E-state index contributed by atoms with van der Waals surface area (Å²) in [7, 11) is 1.25. The van der Waals surface area contributed by atoms with Crippen molar-refractivity contribution in [2.24, 2.45) is 0 Å². The van der Waals surface area contributed by atoms with Crippen molar-refractivity contribution in [3.63, 3.8) is 0 Å². The molecule has 1 heterocycles. The Kier molecular flexibility index (Phi) is 4.31. The summed E-state index contributed by atoms with van der Waals surface area (Å²) in [4.78, 5) is 36.8. The van der Waals surface area contributed by atoms with Crippen molar-refractivity contribution in [1.82, 2.24) is 0 Å². The van der Waals surface area contributed by atoms with E-state index in [4.69, 9.17) is 4.74 Å². The summed E-state index contributed by atoms with van der Waals surface area (Å²) in [5, 5.41) is 14.2. The maximum atomic E-state index is 12.6. The van der Waals surface area contributed by atoms with Crippen molar-refractivity contribution < 1.29 is 24.2 Å². The Morgan fingerprint density at radius 2 is 1.88 bits per heavy atom. The quantitative estimate of drug-likeness (QED) is 0.682. The Morgan fingerprint density at radius 1 is 1.17 bits per heavy atom. The van der Waals surface area contributed by atoms with Crippen LogP contribution in [0, 0.1) is 0 Å². The molecule has 1 N–H and O–H groups in total. The summed E-state index contributed by atoms with van der Waals surface area (Å²) >= 11 is 1.40. The molecule has 1 aromatic carbocycles. The summed E-state index contributed by atoms with van der Waals surface area (Å²) in [6.45, 7) is 0. The summed E-state index contributed by atoms with van der Waals surface area (Å²) in [5.41, 5.74) is 1.11. The number of allylic oxidation sites excluding steroid dienone is 1. The fourth-order valence-corrected chi connectivity index (χ4v) is 3.53. The van der Waals surface area contributed by atoms with Crippen LogP contribution in [0.3, 0.4) is 0 Å². The molecule has 0 fully saturated rings. The van der Waals surface area contributed by atoms with Gasteiger partial charge in [0.1, 0.15) is 5.76 Å². The average Bonchev–Trinajstić information content (AvgIpc) is 3.13. The van der Waals surface area contributed by atoms with Crippen molar-refractivity contribution in [2.75, 3.05) is 7.11 Å². The van der Waals surface area contributed by atoms with Gasteiger partial charge in [-0.25, -0.2) is 0 Å². The van der Waals surface area contributed by atoms with Crippen molar-refractivity contribution in [2.45, 2.75) is 12.3 Å². The molecular formula is C18H14O5S. The number of ketones is 2. The molecule has 1 atom stereocenters. The maximum absolute atomic E-state index is 12.6. The van der Waals surface area contributed by atoms with E-state index in [1.165, 1.54) is 24.5 Å². The van der Waals surface area contributed by atoms with Gasteiger partial charge in [-0.2, -0.15) is 11.3 Å². The molecule has 1 aromatic heterocycles. The molecule has 5 nitrogen and oxygen atoms in total. The number of aliphatic hydroxyl groups excluding tert-OH is 1. The van der Waals surface area contributed by atoms with Gasteiger partial charge in [0.15, 0.2) is 0 Å². The van der Waals surface area contributed by atoms with E-state index in [1.807, 2.05) is 0 Å². The first-order chi connectivity index (χ1) is 11.5. The Balaban J connectivity index is 2.17. The zero-order chi connectivity index (χ0) is 17.3. The largest absolute Gasteiger partial charge is 0.507 e. The van der Waals surface area contributed by atoms with Gasteiger partial charge in [-0.3, -0.25) is 14.4 Å². The monoisotopic (exact) mass is 342 g/mol. The lowest BCUT2D eigenvalue weighted by atomic mass is 9.79. The van der Waals surface area contributed by atoms with Crippen LogP contribution in [0.5, 0.6) is 0 Å². The van der Waals surface area contributed by atoms with Crippen molar-refractivity contribution in [3.05, 3.63) is 63.4 Å². The van der Waals surface area contributed by atoms with Crippen LogP contribution in [0.15, 0.2) is 46.7 Å². The minimum Gasteiger partial charge on any atom is -0.507 e. The number of carbonyl (C=O) groups excluding carboxylic acids is 3. The summed E-state index contributed by atoms with van der Waals surface area (Å²) in [6.07, 6.45) is -0.131. The summed E-state index contributed by atoms with van der Waals surface area (Å²) in [6, 6.07) is 8.15. The van der Waals surface area contributed by atoms with Crippen LogP contribution in [0.2, 0.25) is 0 Å². The molecule has 1 aliphatic rings. The number of esters is 1. The second-order valence-electron chi connectivity index (χ2n) is 5.36. The lowest BCUT2D eigenvalue weighted by molar-refractivity contribution is -0.140. The molecule has 0 unspecified atom stereocenters. The zero-order valence-corrected chi connectivity index (χ0v) is 13.6. The molecular weight excluding hydrogens is 328 g/mol. The van der Waals surface area contributed by atoms with E-state index >= 15 is 0 Å². The molecule has 0 spiro atoms. The predicted molar refractivity (Wildman–Crippen MR) is 89.0 cm³/mol. The number of benzene rings is 1. The van der Waals surface area contributed by atoms with Gasteiger partial charge in [0.25, 0.3) is 0 Å². The standard InChI is InChI=1S/C18H14O5S/c1-23-14(19)8-13(10-6-7-24-9-10)15-16(20)11-4-2-3-5-12(11)17(21)18(15)22/h2-7,9,13,20H,8H2,1H3/t13-/m0/s1. The van der Waals surface area contributed by atoms with Gasteiger partial charge in [-0.1, -0.05) is 24.3 Å². The van der Waals surface area contributed by atoms with Gasteiger partial charge >= 0.3 is 5.97 Å². The second-order valence-corrected chi connectivity index (χ2v) is 6.14. The molecule has 3 rings (SSSR count). The highest BCUT2D eigenvalue weighted by molar-refractivity contribution is 7.08. The summed E-state index contributed by atoms with van der Waals surface area (Å²) in [5.74, 6) is -2.97. The highest BCUT2D eigenvalue weighted by Gasteiger charge is 2.38. The number of aliphatic hydroxyl groups is 1. The highest BCUT2D eigenvalue weighted by Crippen LogP contribution is 2.38. The van der Waals surface area contributed by atoms with Crippen LogP contribution in [0.25, 0.3) is 5.76 Å². The molecule has 2 aromatic rings. The van der Waals surface area contributed by atoms with Gasteiger partial charge in [-0.15, -0.1) is 0 Å². The Labute approximate surface area is 142 Å². The first kappa shape index (κ1) is 16.1. The second kappa shape index (κ2) is 6.41. The van der Waals surface area contributed by atoms with Crippen LogP contribution in [0.1, 0.15) is 33.8 Å². The van der Waals surface area contributed by atoms with Gasteiger partial charge in [0, 0.05) is 17.0 Å². The third-order valence-electron chi connectivity index (χ3n) is 4.03. The van der Waals surface area contributed by atoms with Crippen LogP contribution in [-0.4, -0.2) is 29.8 Å². The van der Waals surface area contributed by atoms with E-state index in [1.54, 1.807) is 35.0 Å². The maximum Gasteiger partial charge on any atom is 0.306 e. The number of hydrogen-bond acceptors (Lipinski definition) is 6. The number of rotatable bonds is 4. The van der Waals surface area contributed by atoms with E-state index in [2.05, 4.69) is 0 Å². The molecule has 24 heavy (non-hydrogen) atoms. The molecule has 0 aliphatic heterocycles. The van der Waals surface area contributed by atoms with E-state index in [-0.39, 0.29) is 23.3 Å². The van der Waals surface area contributed by atoms with E-state index in [0.29, 0.717) is 11.1 Å². The van der Waals surface area contributed by atoms with E-state index in [0.717, 1.165) is 0 Å². The average molecular weight is 342 g/mol. The predicted octanol–water partition coefficient (Wildman–Crippen LogP) is 3.13. The third kappa shape index (κ3) is 2.65. The highest BCUT2D eigenvalue weighted by atomic mass is 32.1. The number of ether oxygens (including phenoxy) is 1. The SMILES string of the molecule is COC(=O)C[C@H](C1=C(O)c2ccccc2C(=O)C1=O)c1ccsc1. The van der Waals surface area contributed by atoms with Crippen LogP contribution < -0.4 is 0 Å². The number of thiophene rings is 1. The first-order valence-electron chi connectivity index (χ1n) is 7.25. The van der Waals surface area contributed by atoms with Crippen LogP contribution in [0.4, 0.5) is 0 Å². The van der Waals surface area contributed by atoms with Gasteiger partial charge < -0.3 is 9.84 Å². The smallest absolute Gasteiger partial charge is 0.306 e. The number of carbonyl (C=O) groups is 3. The Bertz CT molecular complexity index is 848. The molecule has 0 saturated heterocycles. The van der Waals surface area contributed by atoms with E-state index < -0.39 is 23.5 Å². The molecule has 0 bridgehead atoms. The fourth-order valence-electron chi connectivity index (χ4n) is 2.82. The van der Waals surface area contributed by atoms with E-state index in [9.17, 15) is 19.5 Å². The molecule has 0 amide bonds. The lowest BCUT2D eigenvalue weighted by Gasteiger charge is -2.23. The number of Topliss-reactive ketones (excluding diaryl/α,β-unsaturated/α-hetero) is 2. The van der Waals surface area contributed by atoms with Crippen LogP contribution in [-0.2, 0) is 14.3 Å². The Hall–Kier alpha value is -2.73. The summed E-state index contributed by atoms with van der Waals surface area (Å²) < 4.78 is 4.70. The van der Waals surface area contributed by atoms with Gasteiger partial charge in [-0.05, 0) is 22.4 Å². The Morgan fingerprint density at radius 3 is 2.50 bits per heavy atom. The number of hydrogen-bond donors (Lipinski definition) is 1. The van der Waals surface area contributed by atoms with Crippen molar-refractivity contribution in [3.8, 4) is 0 Å². The molecule has 122 valence electrons. The molecule has 0 saturated carbocycles. The first-order valence-corrected chi connectivity index (χ1v) is 8.19. The van der Waals surface area contributed by atoms with Crippen molar-refractivity contribution >= 4 is 34.6 Å². The molecule has 0 radical (unpaired) electrons. The minimum atomic E-state index is -0.786. The lowest BCUT2D eigenvalue weighted by Crippen LogP contribution is -2.28. The van der Waals surface area contributed by atoms with Crippen molar-refractivity contribution in [1.29, 1.82) is 0 Å². The zero-order valence-electron chi connectivity index (χ0n) is 12.8. The fraction of sp³-hybridized carbons (Fsp3) is 0.167. The number of methoxy groups -OCH3 is 1.